The third kappa shape index (κ3) is 5.19. The van der Waals surface area contributed by atoms with E-state index in [1.165, 1.54) is 0 Å². The Balaban J connectivity index is 1.51. The van der Waals surface area contributed by atoms with Crippen LogP contribution >= 0.6 is 0 Å². The predicted molar refractivity (Wildman–Crippen MR) is 105 cm³/mol. The molecule has 2 aromatic rings. The Morgan fingerprint density at radius 2 is 2.14 bits per heavy atom. The van der Waals surface area contributed by atoms with Gasteiger partial charge in [0.05, 0.1) is 18.7 Å². The number of aryl methyl sites for hydroxylation is 1. The molecular formula is C21H28N4O3. The minimum Gasteiger partial charge on any atom is -0.388 e. The van der Waals surface area contributed by atoms with Crippen molar-refractivity contribution >= 4 is 11.8 Å². The number of aliphatic hydroxyl groups excluding tert-OH is 1. The quantitative estimate of drug-likeness (QED) is 0.763. The van der Waals surface area contributed by atoms with Gasteiger partial charge in [-0.15, -0.1) is 0 Å². The van der Waals surface area contributed by atoms with E-state index < -0.39 is 6.10 Å². The van der Waals surface area contributed by atoms with Crippen molar-refractivity contribution in [2.24, 2.45) is 0 Å². The molecule has 2 atom stereocenters. The van der Waals surface area contributed by atoms with Crippen molar-refractivity contribution in [2.45, 2.75) is 44.2 Å². The molecule has 2 amide bonds. The summed E-state index contributed by atoms with van der Waals surface area (Å²) >= 11 is 0. The van der Waals surface area contributed by atoms with Gasteiger partial charge in [0.15, 0.2) is 0 Å². The van der Waals surface area contributed by atoms with Crippen molar-refractivity contribution in [1.29, 1.82) is 0 Å². The number of aromatic nitrogens is 2. The Hall–Kier alpha value is -2.67. The predicted octanol–water partition coefficient (Wildman–Crippen LogP) is 1.92. The number of hydrogen-bond acceptors (Lipinski definition) is 4. The number of likely N-dealkylation sites (tertiary alicyclic amines) is 1. The van der Waals surface area contributed by atoms with Crippen LogP contribution in [0.2, 0.25) is 0 Å². The molecule has 0 saturated carbocycles. The van der Waals surface area contributed by atoms with Gasteiger partial charge in [-0.1, -0.05) is 30.3 Å². The lowest BCUT2D eigenvalue weighted by Crippen LogP contribution is -2.50. The van der Waals surface area contributed by atoms with Crippen LogP contribution in [-0.4, -0.2) is 63.1 Å². The Morgan fingerprint density at radius 3 is 2.86 bits per heavy atom. The summed E-state index contributed by atoms with van der Waals surface area (Å²) in [5, 5.41) is 17.0. The number of aliphatic hydroxyl groups is 1. The molecule has 150 valence electrons. The molecule has 1 fully saturated rings. The maximum atomic E-state index is 12.7. The lowest BCUT2D eigenvalue weighted by atomic mass is 10.0. The molecule has 2 heterocycles. The van der Waals surface area contributed by atoms with Crippen LogP contribution in [0.4, 0.5) is 0 Å². The minimum absolute atomic E-state index is 0.0171. The summed E-state index contributed by atoms with van der Waals surface area (Å²) in [7, 11) is 1.81. The number of carbonyl (C=O) groups is 2. The first-order valence-electron chi connectivity index (χ1n) is 9.78. The van der Waals surface area contributed by atoms with Crippen LogP contribution < -0.4 is 0 Å². The molecule has 2 N–H and O–H groups in total. The molecule has 7 heteroatoms. The van der Waals surface area contributed by atoms with E-state index in [4.69, 9.17) is 0 Å². The fourth-order valence-electron chi connectivity index (χ4n) is 3.63. The van der Waals surface area contributed by atoms with Crippen LogP contribution in [0.3, 0.4) is 0 Å². The van der Waals surface area contributed by atoms with E-state index in [-0.39, 0.29) is 24.3 Å². The maximum absolute atomic E-state index is 12.7. The van der Waals surface area contributed by atoms with Gasteiger partial charge in [0.25, 0.3) is 0 Å². The fourth-order valence-corrected chi connectivity index (χ4v) is 3.63. The molecule has 0 spiro atoms. The van der Waals surface area contributed by atoms with E-state index in [1.807, 2.05) is 37.4 Å². The Bertz CT molecular complexity index is 763. The van der Waals surface area contributed by atoms with Crippen molar-refractivity contribution in [3.63, 3.8) is 0 Å². The molecule has 1 unspecified atom stereocenters. The molecule has 0 aliphatic carbocycles. The molecule has 1 aromatic heterocycles. The van der Waals surface area contributed by atoms with Gasteiger partial charge < -0.3 is 14.9 Å². The van der Waals surface area contributed by atoms with Crippen LogP contribution in [0.25, 0.3) is 0 Å². The van der Waals surface area contributed by atoms with E-state index in [0.29, 0.717) is 25.9 Å². The molecule has 1 aromatic carbocycles. The van der Waals surface area contributed by atoms with E-state index in [1.54, 1.807) is 22.2 Å². The van der Waals surface area contributed by atoms with Crippen molar-refractivity contribution in [3.8, 4) is 0 Å². The summed E-state index contributed by atoms with van der Waals surface area (Å²) in [4.78, 5) is 28.7. The van der Waals surface area contributed by atoms with Crippen LogP contribution in [0.1, 0.15) is 42.9 Å². The van der Waals surface area contributed by atoms with Crippen LogP contribution in [0, 0.1) is 0 Å². The number of rotatable bonds is 7. The molecule has 0 bridgehead atoms. The highest BCUT2D eigenvalue weighted by Gasteiger charge is 2.29. The average molecular weight is 384 g/mol. The van der Waals surface area contributed by atoms with E-state index in [2.05, 4.69) is 10.2 Å². The lowest BCUT2D eigenvalue weighted by Gasteiger charge is -2.38. The van der Waals surface area contributed by atoms with E-state index in [9.17, 15) is 14.7 Å². The summed E-state index contributed by atoms with van der Waals surface area (Å²) < 4.78 is 0. The first-order chi connectivity index (χ1) is 13.5. The topological polar surface area (TPSA) is 89.5 Å². The lowest BCUT2D eigenvalue weighted by molar-refractivity contribution is -0.139. The fraction of sp³-hybridized carbons (Fsp3) is 0.476. The Labute approximate surface area is 165 Å². The smallest absolute Gasteiger partial charge is 0.225 e. The van der Waals surface area contributed by atoms with Crippen molar-refractivity contribution in [1.82, 2.24) is 20.0 Å². The molecule has 3 rings (SSSR count). The van der Waals surface area contributed by atoms with Crippen molar-refractivity contribution in [3.05, 3.63) is 53.9 Å². The second kappa shape index (κ2) is 9.50. The monoisotopic (exact) mass is 384 g/mol. The number of benzene rings is 1. The molecular weight excluding hydrogens is 356 g/mol. The van der Waals surface area contributed by atoms with Gasteiger partial charge in [0.2, 0.25) is 11.8 Å². The molecule has 1 aliphatic rings. The van der Waals surface area contributed by atoms with E-state index in [0.717, 1.165) is 24.0 Å². The number of H-pyrrole nitrogens is 1. The number of aromatic amines is 1. The first kappa shape index (κ1) is 20.1. The zero-order chi connectivity index (χ0) is 19.9. The molecule has 28 heavy (non-hydrogen) atoms. The third-order valence-corrected chi connectivity index (χ3v) is 5.43. The van der Waals surface area contributed by atoms with Gasteiger partial charge in [-0.25, -0.2) is 0 Å². The summed E-state index contributed by atoms with van der Waals surface area (Å²) in [6.45, 7) is 1.20. The Morgan fingerprint density at radius 1 is 1.36 bits per heavy atom. The maximum Gasteiger partial charge on any atom is 0.225 e. The third-order valence-electron chi connectivity index (χ3n) is 5.43. The zero-order valence-corrected chi connectivity index (χ0v) is 16.3. The summed E-state index contributed by atoms with van der Waals surface area (Å²) in [6, 6.07) is 9.25. The summed E-state index contributed by atoms with van der Waals surface area (Å²) in [5.41, 5.74) is 1.76. The minimum atomic E-state index is -0.802. The van der Waals surface area contributed by atoms with Gasteiger partial charge in [0, 0.05) is 38.8 Å². The molecule has 0 radical (unpaired) electrons. The van der Waals surface area contributed by atoms with E-state index >= 15 is 0 Å². The van der Waals surface area contributed by atoms with Crippen molar-refractivity contribution in [2.75, 3.05) is 20.1 Å². The number of likely N-dealkylation sites (N-methyl/N-ethyl adjacent to an activating group) is 1. The van der Waals surface area contributed by atoms with Crippen LogP contribution in [-0.2, 0) is 16.0 Å². The van der Waals surface area contributed by atoms with Crippen molar-refractivity contribution < 1.29 is 14.7 Å². The number of nitrogens with zero attached hydrogens (tertiary/aromatic N) is 3. The highest BCUT2D eigenvalue weighted by atomic mass is 16.3. The van der Waals surface area contributed by atoms with Gasteiger partial charge in [-0.3, -0.25) is 14.7 Å². The van der Waals surface area contributed by atoms with Crippen LogP contribution in [0.15, 0.2) is 42.7 Å². The summed E-state index contributed by atoms with van der Waals surface area (Å²) in [6.07, 6.45) is 5.61. The SMILES string of the molecule is CN(C(=O)CCc1cn[nH]c1)C1CCCN(C(=O)C[C@@H](O)c2ccccc2)C1. The number of nitrogens with one attached hydrogen (secondary N) is 1. The number of hydrogen-bond donors (Lipinski definition) is 2. The van der Waals surface area contributed by atoms with Gasteiger partial charge in [-0.2, -0.15) is 5.10 Å². The van der Waals surface area contributed by atoms with Gasteiger partial charge in [-0.05, 0) is 30.4 Å². The largest absolute Gasteiger partial charge is 0.388 e. The first-order valence-corrected chi connectivity index (χ1v) is 9.78. The van der Waals surface area contributed by atoms with Gasteiger partial charge in [0.1, 0.15) is 0 Å². The highest BCUT2D eigenvalue weighted by molar-refractivity contribution is 5.78. The Kier molecular flexibility index (Phi) is 6.81. The molecule has 7 nitrogen and oxygen atoms in total. The number of piperidine rings is 1. The second-order valence-corrected chi connectivity index (χ2v) is 7.38. The zero-order valence-electron chi connectivity index (χ0n) is 16.3. The molecule has 1 saturated heterocycles. The van der Waals surface area contributed by atoms with Crippen LogP contribution in [0.5, 0.6) is 0 Å². The average Bonchev–Trinajstić information content (AvgIpc) is 3.25. The number of carbonyl (C=O) groups excluding carboxylic acids is 2. The normalized spacial score (nSPS) is 17.9. The molecule has 1 aliphatic heterocycles. The van der Waals surface area contributed by atoms with Gasteiger partial charge >= 0.3 is 0 Å². The highest BCUT2D eigenvalue weighted by Crippen LogP contribution is 2.21. The summed E-state index contributed by atoms with van der Waals surface area (Å²) in [5.74, 6) is 0.00474. The second-order valence-electron chi connectivity index (χ2n) is 7.38. The standard InChI is InChI=1S/C21H28N4O3/c1-24(20(27)10-9-16-13-22-23-14-16)18-8-5-11-25(15-18)21(28)12-19(26)17-6-3-2-4-7-17/h2-4,6-7,13-14,18-19,26H,5,8-12,15H2,1H3,(H,22,23)/t18?,19-/m1/s1. The number of amides is 2.